The van der Waals surface area contributed by atoms with E-state index in [0.717, 1.165) is 0 Å². The number of ketones is 3. The maximum atomic E-state index is 13.8. The molecule has 0 unspecified atom stereocenters. The van der Waals surface area contributed by atoms with Crippen LogP contribution in [0.1, 0.15) is 69.3 Å². The summed E-state index contributed by atoms with van der Waals surface area (Å²) in [6.07, 6.45) is 4.12. The standard InChI is InChI=1S/C32H34N4O6/c1-5-27(39)33-21-15-23-19(25(37)9-11-35(23)7-3)13-17(21)29-31(41)30(32(29)42)18-14-20-24(16-22(18)34-28(40)6-2)36(8-4)12-10-26(20)38/h13-16,41H,5-12H2,1-4H3,(H,33,39)/b30-18+,34-22?. The van der Waals surface area contributed by atoms with Crippen molar-refractivity contribution in [2.24, 2.45) is 4.99 Å². The van der Waals surface area contributed by atoms with E-state index in [4.69, 9.17) is 0 Å². The largest absolute Gasteiger partial charge is 0.506 e. The minimum atomic E-state index is -0.536. The monoisotopic (exact) mass is 570 g/mol. The number of aliphatic hydroxyl groups is 1. The van der Waals surface area contributed by atoms with Crippen LogP contribution in [0, 0.1) is 0 Å². The number of carbonyl (C=O) groups excluding carboxylic acids is 5. The molecule has 2 N–H and O–H groups in total. The van der Waals surface area contributed by atoms with Gasteiger partial charge in [0.2, 0.25) is 17.6 Å². The van der Waals surface area contributed by atoms with Crippen LogP contribution in [0.25, 0.3) is 5.57 Å². The van der Waals surface area contributed by atoms with Crippen LogP contribution in [0.3, 0.4) is 0 Å². The first-order valence-electron chi connectivity index (χ1n) is 14.5. The first kappa shape index (κ1) is 28.9. The van der Waals surface area contributed by atoms with Gasteiger partial charge in [-0.3, -0.25) is 24.0 Å². The number of hydrogen-bond acceptors (Lipinski definition) is 8. The van der Waals surface area contributed by atoms with Gasteiger partial charge in [0.15, 0.2) is 11.6 Å². The first-order chi connectivity index (χ1) is 20.1. The van der Waals surface area contributed by atoms with Crippen molar-refractivity contribution >= 4 is 51.8 Å². The normalized spacial score (nSPS) is 21.1. The fourth-order valence-electron chi connectivity index (χ4n) is 5.73. The number of nitrogens with zero attached hydrogens (tertiary/aromatic N) is 3. The van der Waals surface area contributed by atoms with Gasteiger partial charge in [0, 0.05) is 85.5 Å². The van der Waals surface area contributed by atoms with Gasteiger partial charge in [-0.2, -0.15) is 0 Å². The number of fused-ring (bicyclic) bond motifs is 2. The predicted molar refractivity (Wildman–Crippen MR) is 160 cm³/mol. The van der Waals surface area contributed by atoms with Crippen molar-refractivity contribution in [3.63, 3.8) is 0 Å². The lowest BCUT2D eigenvalue weighted by Crippen LogP contribution is -2.36. The summed E-state index contributed by atoms with van der Waals surface area (Å²) in [5.74, 6) is -1.77. The first-order valence-corrected chi connectivity index (χ1v) is 14.5. The minimum Gasteiger partial charge on any atom is -0.506 e. The number of aliphatic hydroxyl groups excluding tert-OH is 1. The molecule has 218 valence electrons. The average Bonchev–Trinajstić information content (AvgIpc) is 2.98. The highest BCUT2D eigenvalue weighted by molar-refractivity contribution is 6.42. The van der Waals surface area contributed by atoms with Gasteiger partial charge in [-0.25, -0.2) is 4.99 Å². The average molecular weight is 571 g/mol. The number of anilines is 2. The molecule has 0 spiro atoms. The number of nitrogens with one attached hydrogen (secondary N) is 1. The topological polar surface area (TPSA) is 136 Å². The summed E-state index contributed by atoms with van der Waals surface area (Å²) in [7, 11) is 0. The van der Waals surface area contributed by atoms with Gasteiger partial charge in [0.05, 0.1) is 22.5 Å². The Bertz CT molecular complexity index is 1610. The summed E-state index contributed by atoms with van der Waals surface area (Å²) in [4.78, 5) is 72.7. The van der Waals surface area contributed by atoms with E-state index in [9.17, 15) is 29.1 Å². The molecule has 1 saturated heterocycles. The molecule has 2 amide bonds. The molecular formula is C32H34N4O6. The molecule has 1 fully saturated rings. The van der Waals surface area contributed by atoms with Gasteiger partial charge in [-0.15, -0.1) is 0 Å². The van der Waals surface area contributed by atoms with Crippen molar-refractivity contribution in [1.82, 2.24) is 4.90 Å². The predicted octanol–water partition coefficient (Wildman–Crippen LogP) is 4.09. The molecule has 0 radical (unpaired) electrons. The molecule has 2 aliphatic heterocycles. The molecular weight excluding hydrogens is 536 g/mol. The number of benzene rings is 1. The van der Waals surface area contributed by atoms with E-state index in [1.807, 2.05) is 23.6 Å². The van der Waals surface area contributed by atoms with E-state index >= 15 is 0 Å². The maximum Gasteiger partial charge on any atom is 0.245 e. The number of likely N-dealkylation sites (tertiary alicyclic amines) is 1. The Labute approximate surface area is 244 Å². The van der Waals surface area contributed by atoms with E-state index in [1.54, 1.807) is 32.1 Å². The summed E-state index contributed by atoms with van der Waals surface area (Å²) < 4.78 is 0. The number of carbonyl (C=O) groups is 5. The Kier molecular flexibility index (Phi) is 7.81. The summed E-state index contributed by atoms with van der Waals surface area (Å²) >= 11 is 0. The summed E-state index contributed by atoms with van der Waals surface area (Å²) in [5.41, 5.74) is 2.93. The van der Waals surface area contributed by atoms with Gasteiger partial charge in [-0.05, 0) is 38.1 Å². The third-order valence-electron chi connectivity index (χ3n) is 8.12. The van der Waals surface area contributed by atoms with Crippen LogP contribution >= 0.6 is 0 Å². The van der Waals surface area contributed by atoms with Crippen LogP contribution in [0.2, 0.25) is 0 Å². The van der Waals surface area contributed by atoms with Crippen molar-refractivity contribution in [1.29, 1.82) is 0 Å². The van der Waals surface area contributed by atoms with Crippen LogP contribution in [0.5, 0.6) is 0 Å². The quantitative estimate of drug-likeness (QED) is 0.488. The van der Waals surface area contributed by atoms with Crippen LogP contribution in [-0.4, -0.2) is 71.1 Å². The Morgan fingerprint density at radius 1 is 0.881 bits per heavy atom. The molecule has 0 aromatic heterocycles. The van der Waals surface area contributed by atoms with Crippen molar-refractivity contribution in [2.45, 2.75) is 53.4 Å². The molecule has 0 saturated carbocycles. The lowest BCUT2D eigenvalue weighted by atomic mass is 9.76. The highest BCUT2D eigenvalue weighted by atomic mass is 16.3. The van der Waals surface area contributed by atoms with Crippen molar-refractivity contribution in [3.05, 3.63) is 63.6 Å². The van der Waals surface area contributed by atoms with E-state index in [2.05, 4.69) is 10.3 Å². The van der Waals surface area contributed by atoms with E-state index in [1.165, 1.54) is 6.08 Å². The Balaban J connectivity index is 1.71. The van der Waals surface area contributed by atoms with Crippen LogP contribution in [0.15, 0.2) is 57.5 Å². The molecule has 0 bridgehead atoms. The summed E-state index contributed by atoms with van der Waals surface area (Å²) in [6, 6.07) is 3.24. The number of piperidine rings is 1. The maximum absolute atomic E-state index is 13.8. The second kappa shape index (κ2) is 11.3. The molecule has 2 aliphatic carbocycles. The third-order valence-corrected chi connectivity index (χ3v) is 8.12. The highest BCUT2D eigenvalue weighted by Gasteiger charge is 2.41. The van der Waals surface area contributed by atoms with E-state index in [0.29, 0.717) is 67.2 Å². The van der Waals surface area contributed by atoms with Crippen LogP contribution in [0.4, 0.5) is 11.4 Å². The number of Topliss-reactive ketones (excluding diaryl/α,β-unsaturated/α-hetero) is 3. The Morgan fingerprint density at radius 3 is 2.21 bits per heavy atom. The third kappa shape index (κ3) is 4.80. The molecule has 5 rings (SSSR count). The molecule has 10 heteroatoms. The van der Waals surface area contributed by atoms with Crippen LogP contribution in [-0.2, 0) is 19.2 Å². The number of allylic oxidation sites excluding steroid dienone is 6. The molecule has 2 heterocycles. The number of amides is 2. The fraction of sp³-hybridized carbons (Fsp3) is 0.375. The molecule has 4 aliphatic rings. The van der Waals surface area contributed by atoms with Gasteiger partial charge in [0.1, 0.15) is 5.76 Å². The Hall–Kier alpha value is -4.60. The summed E-state index contributed by atoms with van der Waals surface area (Å²) in [6.45, 7) is 9.68. The Morgan fingerprint density at radius 2 is 1.57 bits per heavy atom. The zero-order valence-corrected chi connectivity index (χ0v) is 24.3. The highest BCUT2D eigenvalue weighted by Crippen LogP contribution is 2.45. The number of rotatable bonds is 6. The smallest absolute Gasteiger partial charge is 0.245 e. The van der Waals surface area contributed by atoms with E-state index in [-0.39, 0.29) is 64.1 Å². The van der Waals surface area contributed by atoms with Crippen LogP contribution < -0.4 is 10.2 Å². The fourth-order valence-corrected chi connectivity index (χ4v) is 5.73. The number of likely N-dealkylation sites (N-methyl/N-ethyl adjacent to an activating group) is 1. The van der Waals surface area contributed by atoms with Gasteiger partial charge in [0.25, 0.3) is 0 Å². The summed E-state index contributed by atoms with van der Waals surface area (Å²) in [5, 5.41) is 14.2. The van der Waals surface area contributed by atoms with E-state index < -0.39 is 11.7 Å². The number of hydrogen-bond donors (Lipinski definition) is 2. The van der Waals surface area contributed by atoms with Crippen molar-refractivity contribution < 1.29 is 29.1 Å². The second-order valence-electron chi connectivity index (χ2n) is 10.5. The van der Waals surface area contributed by atoms with Gasteiger partial charge in [-0.1, -0.05) is 13.8 Å². The lowest BCUT2D eigenvalue weighted by Gasteiger charge is -2.35. The molecule has 0 atom stereocenters. The van der Waals surface area contributed by atoms with Gasteiger partial charge < -0.3 is 20.2 Å². The molecule has 42 heavy (non-hydrogen) atoms. The SMILES string of the molecule is CCC(=O)N=C1C=C2C(=C/C1=C1\C(=O)C(c3cc4c(cc3NC(=O)CC)N(CC)CCC4=O)=C1O)C(=O)CCN2CC. The number of aliphatic imine (C=N–C) groups is 1. The zero-order chi connectivity index (χ0) is 30.3. The van der Waals surface area contributed by atoms with Crippen molar-refractivity contribution in [2.75, 3.05) is 36.4 Å². The molecule has 10 nitrogen and oxygen atoms in total. The van der Waals surface area contributed by atoms with Gasteiger partial charge >= 0.3 is 0 Å². The minimum absolute atomic E-state index is 0.0485. The van der Waals surface area contributed by atoms with Crippen molar-refractivity contribution in [3.8, 4) is 0 Å². The molecule has 1 aromatic carbocycles. The second-order valence-corrected chi connectivity index (χ2v) is 10.5. The lowest BCUT2D eigenvalue weighted by molar-refractivity contribution is -0.117. The zero-order valence-electron chi connectivity index (χ0n) is 24.3. The molecule has 1 aromatic rings.